The molecule has 0 aliphatic carbocycles. The van der Waals surface area contributed by atoms with E-state index in [4.69, 9.17) is 16.3 Å². The Kier molecular flexibility index (Phi) is 6.15. The second-order valence-corrected chi connectivity index (χ2v) is 5.98. The molecule has 19 heavy (non-hydrogen) atoms. The average molecular weight is 284 g/mol. The summed E-state index contributed by atoms with van der Waals surface area (Å²) in [5.41, 5.74) is 0.966. The Morgan fingerprint density at radius 3 is 2.53 bits per heavy atom. The highest BCUT2D eigenvalue weighted by molar-refractivity contribution is 6.31. The fraction of sp³-hybridized carbons (Fsp3) is 0.625. The van der Waals surface area contributed by atoms with Crippen LogP contribution in [-0.4, -0.2) is 12.1 Å². The maximum absolute atomic E-state index is 6.36. The number of halogens is 1. The zero-order valence-corrected chi connectivity index (χ0v) is 13.5. The van der Waals surface area contributed by atoms with Gasteiger partial charge in [-0.15, -0.1) is 0 Å². The van der Waals surface area contributed by atoms with Gasteiger partial charge in [0.15, 0.2) is 0 Å². The second kappa shape index (κ2) is 7.16. The summed E-state index contributed by atoms with van der Waals surface area (Å²) in [4.78, 5) is 0. The highest BCUT2D eigenvalue weighted by Gasteiger charge is 2.18. The molecule has 0 spiro atoms. The largest absolute Gasteiger partial charge is 0.488 e. The molecule has 0 bridgehead atoms. The van der Waals surface area contributed by atoms with Crippen molar-refractivity contribution >= 4 is 11.6 Å². The molecule has 1 rings (SSSR count). The van der Waals surface area contributed by atoms with Crippen molar-refractivity contribution in [2.75, 3.05) is 6.54 Å². The van der Waals surface area contributed by atoms with E-state index in [9.17, 15) is 0 Å². The van der Waals surface area contributed by atoms with Gasteiger partial charge in [0.25, 0.3) is 0 Å². The topological polar surface area (TPSA) is 21.3 Å². The van der Waals surface area contributed by atoms with E-state index in [0.717, 1.165) is 35.7 Å². The first-order chi connectivity index (χ1) is 8.89. The predicted octanol–water partition coefficient (Wildman–Crippen LogP) is 4.97. The Morgan fingerprint density at radius 2 is 2.00 bits per heavy atom. The lowest BCUT2D eigenvalue weighted by molar-refractivity contribution is 0.105. The maximum Gasteiger partial charge on any atom is 0.121 e. The summed E-state index contributed by atoms with van der Waals surface area (Å²) in [5.74, 6) is 0.836. The third-order valence-electron chi connectivity index (χ3n) is 3.38. The SMILES string of the molecule is CCCNC(C)c1ccc(OC(C)(C)CC)cc1Cl. The summed E-state index contributed by atoms with van der Waals surface area (Å²) in [5, 5.41) is 4.21. The standard InChI is InChI=1S/C16H26ClNO/c1-6-10-18-12(3)14-9-8-13(11-15(14)17)19-16(4,5)7-2/h8-9,11-12,18H,6-7,10H2,1-5H3. The number of hydrogen-bond acceptors (Lipinski definition) is 2. The monoisotopic (exact) mass is 283 g/mol. The van der Waals surface area contributed by atoms with Crippen molar-refractivity contribution in [1.29, 1.82) is 0 Å². The summed E-state index contributed by atoms with van der Waals surface area (Å²) in [7, 11) is 0. The van der Waals surface area contributed by atoms with Crippen LogP contribution in [0.1, 0.15) is 59.1 Å². The number of nitrogens with one attached hydrogen (secondary N) is 1. The molecule has 1 N–H and O–H groups in total. The lowest BCUT2D eigenvalue weighted by Gasteiger charge is -2.25. The van der Waals surface area contributed by atoms with Crippen LogP contribution >= 0.6 is 11.6 Å². The van der Waals surface area contributed by atoms with E-state index >= 15 is 0 Å². The lowest BCUT2D eigenvalue weighted by Crippen LogP contribution is -2.26. The van der Waals surface area contributed by atoms with Gasteiger partial charge < -0.3 is 10.1 Å². The van der Waals surface area contributed by atoms with Crippen LogP contribution in [-0.2, 0) is 0 Å². The first-order valence-corrected chi connectivity index (χ1v) is 7.49. The van der Waals surface area contributed by atoms with Gasteiger partial charge in [0.1, 0.15) is 11.4 Å². The van der Waals surface area contributed by atoms with Gasteiger partial charge in [0.2, 0.25) is 0 Å². The Morgan fingerprint density at radius 1 is 1.32 bits per heavy atom. The van der Waals surface area contributed by atoms with Crippen LogP contribution in [0.3, 0.4) is 0 Å². The van der Waals surface area contributed by atoms with E-state index in [1.54, 1.807) is 0 Å². The molecule has 1 aromatic rings. The quantitative estimate of drug-likeness (QED) is 0.763. The van der Waals surface area contributed by atoms with Crippen LogP contribution < -0.4 is 10.1 Å². The van der Waals surface area contributed by atoms with E-state index in [1.807, 2.05) is 12.1 Å². The molecule has 0 fully saturated rings. The molecule has 0 radical (unpaired) electrons. The third kappa shape index (κ3) is 5.04. The molecule has 108 valence electrons. The molecular formula is C16H26ClNO. The Bertz CT molecular complexity index is 404. The van der Waals surface area contributed by atoms with Crippen molar-refractivity contribution in [3.63, 3.8) is 0 Å². The van der Waals surface area contributed by atoms with Crippen LogP contribution in [0.15, 0.2) is 18.2 Å². The van der Waals surface area contributed by atoms with Crippen LogP contribution in [0.5, 0.6) is 5.75 Å². The molecule has 3 heteroatoms. The molecule has 0 aromatic heterocycles. The highest BCUT2D eigenvalue weighted by Crippen LogP contribution is 2.29. The van der Waals surface area contributed by atoms with Crippen molar-refractivity contribution < 1.29 is 4.74 Å². The van der Waals surface area contributed by atoms with Crippen LogP contribution in [0.25, 0.3) is 0 Å². The molecule has 0 amide bonds. The van der Waals surface area contributed by atoms with Gasteiger partial charge in [0.05, 0.1) is 0 Å². The molecule has 0 saturated carbocycles. The van der Waals surface area contributed by atoms with Crippen molar-refractivity contribution in [1.82, 2.24) is 5.32 Å². The van der Waals surface area contributed by atoms with Crippen molar-refractivity contribution in [3.8, 4) is 5.75 Å². The fourth-order valence-corrected chi connectivity index (χ4v) is 2.12. The van der Waals surface area contributed by atoms with Gasteiger partial charge in [-0.3, -0.25) is 0 Å². The summed E-state index contributed by atoms with van der Waals surface area (Å²) in [6.07, 6.45) is 2.08. The number of hydrogen-bond donors (Lipinski definition) is 1. The zero-order chi connectivity index (χ0) is 14.5. The average Bonchev–Trinajstić information content (AvgIpc) is 2.35. The van der Waals surface area contributed by atoms with Crippen molar-refractivity contribution in [2.45, 2.75) is 59.1 Å². The minimum Gasteiger partial charge on any atom is -0.488 e. The second-order valence-electron chi connectivity index (χ2n) is 5.57. The number of rotatable bonds is 7. The summed E-state index contributed by atoms with van der Waals surface area (Å²) >= 11 is 6.36. The maximum atomic E-state index is 6.36. The highest BCUT2D eigenvalue weighted by atomic mass is 35.5. The minimum absolute atomic E-state index is 0.156. The first kappa shape index (κ1) is 16.3. The first-order valence-electron chi connectivity index (χ1n) is 7.11. The smallest absolute Gasteiger partial charge is 0.121 e. The summed E-state index contributed by atoms with van der Waals surface area (Å²) < 4.78 is 5.94. The van der Waals surface area contributed by atoms with Gasteiger partial charge in [0, 0.05) is 11.1 Å². The Balaban J connectivity index is 2.79. The summed E-state index contributed by atoms with van der Waals surface area (Å²) in [6, 6.07) is 6.23. The van der Waals surface area contributed by atoms with E-state index < -0.39 is 0 Å². The molecule has 2 nitrogen and oxygen atoms in total. The molecule has 0 aliphatic rings. The molecule has 1 atom stereocenters. The van der Waals surface area contributed by atoms with Crippen LogP contribution in [0.2, 0.25) is 5.02 Å². The fourth-order valence-electron chi connectivity index (χ4n) is 1.78. The molecular weight excluding hydrogens is 258 g/mol. The summed E-state index contributed by atoms with van der Waals surface area (Å²) in [6.45, 7) is 11.6. The molecule has 1 unspecified atom stereocenters. The van der Waals surface area contributed by atoms with Crippen molar-refractivity contribution in [3.05, 3.63) is 28.8 Å². The van der Waals surface area contributed by atoms with Gasteiger partial charge in [-0.25, -0.2) is 0 Å². The lowest BCUT2D eigenvalue weighted by atomic mass is 10.1. The van der Waals surface area contributed by atoms with E-state index in [0.29, 0.717) is 0 Å². The van der Waals surface area contributed by atoms with Crippen molar-refractivity contribution in [2.24, 2.45) is 0 Å². The third-order valence-corrected chi connectivity index (χ3v) is 3.71. The van der Waals surface area contributed by atoms with Gasteiger partial charge in [-0.05, 0) is 57.9 Å². The molecule has 0 saturated heterocycles. The Labute approximate surface area is 122 Å². The predicted molar refractivity (Wildman–Crippen MR) is 83.2 cm³/mol. The van der Waals surface area contributed by atoms with Crippen LogP contribution in [0, 0.1) is 0 Å². The minimum atomic E-state index is -0.156. The molecule has 0 heterocycles. The Hall–Kier alpha value is -0.730. The van der Waals surface area contributed by atoms with E-state index in [-0.39, 0.29) is 11.6 Å². The number of ether oxygens (including phenoxy) is 1. The number of benzene rings is 1. The van der Waals surface area contributed by atoms with Gasteiger partial charge in [-0.1, -0.05) is 31.5 Å². The zero-order valence-electron chi connectivity index (χ0n) is 12.7. The van der Waals surface area contributed by atoms with Gasteiger partial charge in [-0.2, -0.15) is 0 Å². The normalized spacial score (nSPS) is 13.4. The molecule has 1 aromatic carbocycles. The van der Waals surface area contributed by atoms with Crippen LogP contribution in [0.4, 0.5) is 0 Å². The molecule has 0 aliphatic heterocycles. The van der Waals surface area contributed by atoms with E-state index in [1.165, 1.54) is 0 Å². The van der Waals surface area contributed by atoms with E-state index in [2.05, 4.69) is 46.0 Å². The van der Waals surface area contributed by atoms with Gasteiger partial charge >= 0.3 is 0 Å².